The van der Waals surface area contributed by atoms with E-state index in [0.717, 1.165) is 42.9 Å². The second-order valence-corrected chi connectivity index (χ2v) is 7.25. The minimum Gasteiger partial charge on any atom is -0.337 e. The molecular formula is C22H26ClN5O. The fourth-order valence-corrected chi connectivity index (χ4v) is 3.72. The monoisotopic (exact) mass is 411 g/mol. The van der Waals surface area contributed by atoms with Gasteiger partial charge in [0, 0.05) is 13.1 Å². The Hall–Kier alpha value is -2.70. The molecule has 1 aliphatic heterocycles. The van der Waals surface area contributed by atoms with Gasteiger partial charge >= 0.3 is 0 Å². The Morgan fingerprint density at radius 2 is 1.66 bits per heavy atom. The summed E-state index contributed by atoms with van der Waals surface area (Å²) in [5.41, 5.74) is 4.40. The largest absolute Gasteiger partial charge is 0.337 e. The average Bonchev–Trinajstić information content (AvgIpc) is 3.15. The van der Waals surface area contributed by atoms with Crippen molar-refractivity contribution in [2.75, 3.05) is 20.1 Å². The Kier molecular flexibility index (Phi) is 6.67. The number of carbonyl (C=O) groups excluding carboxylic acids is 1. The molecule has 0 unspecified atom stereocenters. The number of carbonyl (C=O) groups is 1. The molecule has 7 heteroatoms. The van der Waals surface area contributed by atoms with Crippen LogP contribution in [0.5, 0.6) is 0 Å². The van der Waals surface area contributed by atoms with Gasteiger partial charge in [-0.3, -0.25) is 4.79 Å². The van der Waals surface area contributed by atoms with Gasteiger partial charge in [-0.2, -0.15) is 0 Å². The number of aromatic nitrogens is 3. The zero-order valence-corrected chi connectivity index (χ0v) is 17.5. The van der Waals surface area contributed by atoms with E-state index in [9.17, 15) is 4.79 Å². The summed E-state index contributed by atoms with van der Waals surface area (Å²) >= 11 is 0. The SMILES string of the molecule is Cc1c(C(=O)N(C)C2CCNCC2)nnn1-c1ccc(-c2ccccc2)cc1.Cl. The molecule has 6 nitrogen and oxygen atoms in total. The summed E-state index contributed by atoms with van der Waals surface area (Å²) in [6.45, 7) is 3.79. The maximum atomic E-state index is 12.9. The maximum absolute atomic E-state index is 12.9. The molecule has 2 heterocycles. The first-order valence-corrected chi connectivity index (χ1v) is 9.71. The van der Waals surface area contributed by atoms with Gasteiger partial charge in [-0.05, 0) is 56.1 Å². The molecule has 0 saturated carbocycles. The van der Waals surface area contributed by atoms with Crippen LogP contribution in [0, 0.1) is 6.92 Å². The number of hydrogen-bond donors (Lipinski definition) is 1. The molecule has 4 rings (SSSR count). The summed E-state index contributed by atoms with van der Waals surface area (Å²) in [5.74, 6) is -0.0587. The molecule has 29 heavy (non-hydrogen) atoms. The van der Waals surface area contributed by atoms with Crippen molar-refractivity contribution in [2.24, 2.45) is 0 Å². The van der Waals surface area contributed by atoms with Gasteiger partial charge in [0.1, 0.15) is 0 Å². The van der Waals surface area contributed by atoms with E-state index >= 15 is 0 Å². The lowest BCUT2D eigenvalue weighted by atomic mass is 10.0. The highest BCUT2D eigenvalue weighted by atomic mass is 35.5. The fraction of sp³-hybridized carbons (Fsp3) is 0.318. The molecule has 2 aromatic carbocycles. The van der Waals surface area contributed by atoms with Gasteiger partial charge in [0.05, 0.1) is 11.4 Å². The molecule has 1 aromatic heterocycles. The van der Waals surface area contributed by atoms with Gasteiger partial charge in [0.25, 0.3) is 5.91 Å². The predicted octanol–water partition coefficient (Wildman–Crippen LogP) is 3.49. The summed E-state index contributed by atoms with van der Waals surface area (Å²) in [5, 5.41) is 11.8. The molecule has 152 valence electrons. The van der Waals surface area contributed by atoms with Gasteiger partial charge in [-0.25, -0.2) is 4.68 Å². The van der Waals surface area contributed by atoms with Gasteiger partial charge in [0.2, 0.25) is 0 Å². The summed E-state index contributed by atoms with van der Waals surface area (Å²) in [6.07, 6.45) is 1.94. The van der Waals surface area contributed by atoms with E-state index in [2.05, 4.69) is 39.9 Å². The average molecular weight is 412 g/mol. The van der Waals surface area contributed by atoms with E-state index in [4.69, 9.17) is 0 Å². The van der Waals surface area contributed by atoms with Gasteiger partial charge < -0.3 is 10.2 Å². The van der Waals surface area contributed by atoms with Crippen molar-refractivity contribution in [3.8, 4) is 16.8 Å². The van der Waals surface area contributed by atoms with Crippen molar-refractivity contribution >= 4 is 18.3 Å². The van der Waals surface area contributed by atoms with E-state index < -0.39 is 0 Å². The van der Waals surface area contributed by atoms with Crippen molar-refractivity contribution in [1.29, 1.82) is 0 Å². The van der Waals surface area contributed by atoms with E-state index in [1.165, 1.54) is 5.56 Å². The second-order valence-electron chi connectivity index (χ2n) is 7.25. The molecular weight excluding hydrogens is 386 g/mol. The van der Waals surface area contributed by atoms with Crippen molar-refractivity contribution in [3.63, 3.8) is 0 Å². The van der Waals surface area contributed by atoms with Gasteiger partial charge in [-0.15, -0.1) is 17.5 Å². The summed E-state index contributed by atoms with van der Waals surface area (Å²) in [4.78, 5) is 14.8. The second kappa shape index (κ2) is 9.20. The normalized spacial score (nSPS) is 14.3. The van der Waals surface area contributed by atoms with E-state index in [1.54, 1.807) is 4.68 Å². The molecule has 0 aliphatic carbocycles. The lowest BCUT2D eigenvalue weighted by Crippen LogP contribution is -2.44. The first-order valence-electron chi connectivity index (χ1n) is 9.71. The number of rotatable bonds is 4. The molecule has 1 fully saturated rings. The molecule has 1 N–H and O–H groups in total. The Morgan fingerprint density at radius 3 is 2.31 bits per heavy atom. The lowest BCUT2D eigenvalue weighted by molar-refractivity contribution is 0.0696. The highest BCUT2D eigenvalue weighted by Gasteiger charge is 2.26. The fourth-order valence-electron chi connectivity index (χ4n) is 3.72. The predicted molar refractivity (Wildman–Crippen MR) is 117 cm³/mol. The molecule has 0 radical (unpaired) electrons. The zero-order valence-electron chi connectivity index (χ0n) is 16.7. The number of nitrogens with one attached hydrogen (secondary N) is 1. The smallest absolute Gasteiger partial charge is 0.276 e. The standard InChI is InChI=1S/C22H25N5O.ClH/c1-16-21(22(28)26(2)19-12-14-23-15-13-19)24-25-27(16)20-10-8-18(9-11-20)17-6-4-3-5-7-17;/h3-11,19,23H,12-15H2,1-2H3;1H. The van der Waals surface area contributed by atoms with Crippen molar-refractivity contribution < 1.29 is 4.79 Å². The number of nitrogens with zero attached hydrogens (tertiary/aromatic N) is 4. The Balaban J connectivity index is 0.00000240. The molecule has 3 aromatic rings. The minimum atomic E-state index is -0.0587. The Bertz CT molecular complexity index is 949. The highest BCUT2D eigenvalue weighted by molar-refractivity contribution is 5.93. The van der Waals surface area contributed by atoms with Crippen LogP contribution in [-0.4, -0.2) is 52.0 Å². The van der Waals surface area contributed by atoms with Gasteiger partial charge in [0.15, 0.2) is 5.69 Å². The highest BCUT2D eigenvalue weighted by Crippen LogP contribution is 2.22. The maximum Gasteiger partial charge on any atom is 0.276 e. The number of halogens is 1. The number of benzene rings is 2. The zero-order chi connectivity index (χ0) is 19.5. The van der Waals surface area contributed by atoms with Crippen LogP contribution in [0.4, 0.5) is 0 Å². The number of piperidine rings is 1. The number of hydrogen-bond acceptors (Lipinski definition) is 4. The van der Waals surface area contributed by atoms with E-state index in [1.807, 2.05) is 49.2 Å². The first kappa shape index (κ1) is 21.0. The summed E-state index contributed by atoms with van der Waals surface area (Å²) in [7, 11) is 1.87. The Labute approximate surface area is 177 Å². The van der Waals surface area contributed by atoms with Crippen LogP contribution < -0.4 is 5.32 Å². The summed E-state index contributed by atoms with van der Waals surface area (Å²) in [6, 6.07) is 18.6. The van der Waals surface area contributed by atoms with E-state index in [0.29, 0.717) is 5.69 Å². The lowest BCUT2D eigenvalue weighted by Gasteiger charge is -2.31. The molecule has 0 spiro atoms. The molecule has 0 atom stereocenters. The number of amides is 1. The van der Waals surface area contributed by atoms with E-state index in [-0.39, 0.29) is 24.4 Å². The Morgan fingerprint density at radius 1 is 1.03 bits per heavy atom. The first-order chi connectivity index (χ1) is 13.6. The van der Waals surface area contributed by atoms with Crippen LogP contribution in [0.1, 0.15) is 29.0 Å². The van der Waals surface area contributed by atoms with Crippen LogP contribution in [0.25, 0.3) is 16.8 Å². The van der Waals surface area contributed by atoms with Crippen molar-refractivity contribution in [2.45, 2.75) is 25.8 Å². The van der Waals surface area contributed by atoms with Crippen LogP contribution >= 0.6 is 12.4 Å². The quantitative estimate of drug-likeness (QED) is 0.713. The third kappa shape index (κ3) is 4.33. The molecule has 1 aliphatic rings. The van der Waals surface area contributed by atoms with Crippen LogP contribution in [-0.2, 0) is 0 Å². The van der Waals surface area contributed by atoms with Crippen molar-refractivity contribution in [3.05, 3.63) is 66.0 Å². The molecule has 1 amide bonds. The third-order valence-corrected chi connectivity index (χ3v) is 5.49. The molecule has 1 saturated heterocycles. The topological polar surface area (TPSA) is 63.1 Å². The van der Waals surface area contributed by atoms with Gasteiger partial charge in [-0.1, -0.05) is 47.7 Å². The minimum absolute atomic E-state index is 0. The van der Waals surface area contributed by atoms with Crippen LogP contribution in [0.2, 0.25) is 0 Å². The van der Waals surface area contributed by atoms with Crippen LogP contribution in [0.3, 0.4) is 0 Å². The molecule has 0 bridgehead atoms. The summed E-state index contributed by atoms with van der Waals surface area (Å²) < 4.78 is 1.73. The van der Waals surface area contributed by atoms with Crippen LogP contribution in [0.15, 0.2) is 54.6 Å². The third-order valence-electron chi connectivity index (χ3n) is 5.49. The van der Waals surface area contributed by atoms with Crippen molar-refractivity contribution in [1.82, 2.24) is 25.2 Å².